The zero-order chi connectivity index (χ0) is 33.1. The van der Waals surface area contributed by atoms with Crippen molar-refractivity contribution >= 4 is 22.9 Å². The lowest BCUT2D eigenvalue weighted by Crippen LogP contribution is -2.51. The predicted octanol–water partition coefficient (Wildman–Crippen LogP) is 7.24. The third-order valence-electron chi connectivity index (χ3n) is 9.71. The Morgan fingerprint density at radius 2 is 1.39 bits per heavy atom. The maximum absolute atomic E-state index is 14.1. The van der Waals surface area contributed by atoms with E-state index in [0.29, 0.717) is 23.6 Å². The van der Waals surface area contributed by atoms with Gasteiger partial charge in [0.15, 0.2) is 5.69 Å². The highest BCUT2D eigenvalue weighted by Gasteiger charge is 2.44. The van der Waals surface area contributed by atoms with Crippen LogP contribution in [0.1, 0.15) is 120 Å². The second-order valence-corrected chi connectivity index (χ2v) is 12.3. The average Bonchev–Trinajstić information content (AvgIpc) is 3.34. The van der Waals surface area contributed by atoms with Crippen LogP contribution >= 0.6 is 0 Å². The van der Waals surface area contributed by atoms with E-state index in [1.54, 1.807) is 0 Å². The van der Waals surface area contributed by atoms with E-state index >= 15 is 0 Å². The Kier molecular flexibility index (Phi) is 13.4. The molecule has 3 atom stereocenters. The van der Waals surface area contributed by atoms with E-state index in [-0.39, 0.29) is 18.2 Å². The summed E-state index contributed by atoms with van der Waals surface area (Å²) in [5.74, 6) is -1.22. The van der Waals surface area contributed by atoms with Crippen LogP contribution in [0.15, 0.2) is 59.4 Å². The first kappa shape index (κ1) is 35.3. The zero-order valence-electron chi connectivity index (χ0n) is 28.5. The summed E-state index contributed by atoms with van der Waals surface area (Å²) in [4.78, 5) is 47.7. The van der Waals surface area contributed by atoms with E-state index in [2.05, 4.69) is 15.2 Å². The van der Waals surface area contributed by atoms with Gasteiger partial charge in [-0.2, -0.15) is 0 Å². The van der Waals surface area contributed by atoms with Gasteiger partial charge in [0.25, 0.3) is 11.5 Å². The largest absolute Gasteiger partial charge is 0.467 e. The minimum absolute atomic E-state index is 0.0000198. The number of aromatic nitrogens is 2. The molecule has 1 amide bonds. The van der Waals surface area contributed by atoms with E-state index in [1.165, 1.54) is 64.9 Å². The molecule has 1 aliphatic carbocycles. The van der Waals surface area contributed by atoms with Gasteiger partial charge in [-0.25, -0.2) is 9.78 Å². The van der Waals surface area contributed by atoms with Gasteiger partial charge >= 0.3 is 5.97 Å². The molecule has 2 saturated heterocycles. The standard InChI is InChI=1S/C34H42N4O4.2C2H6/c1-42-34(41)29(20-23-12-6-5-7-13-23)36-32(39)31-33(40)38(30-17-11-10-16-28(30)35-31)27-21-25-18-19-26(22-27)37(25)24-14-8-3-2-4-9-15-24;2*1-2/h5-7,10-13,16-17,24-27,29H,2-4,8-9,14-15,18-22H2,1H3,(H,36,39);2*1-2H3. The lowest BCUT2D eigenvalue weighted by atomic mass is 9.89. The number of esters is 1. The number of para-hydroxylation sites is 2. The third-order valence-corrected chi connectivity index (χ3v) is 9.71. The van der Waals surface area contributed by atoms with Gasteiger partial charge in [0.05, 0.1) is 18.1 Å². The van der Waals surface area contributed by atoms with Crippen LogP contribution in [0.25, 0.3) is 11.0 Å². The summed E-state index contributed by atoms with van der Waals surface area (Å²) in [5.41, 5.74) is 1.68. The number of amides is 1. The number of methoxy groups -OCH3 is 1. The number of nitrogens with one attached hydrogen (secondary N) is 1. The summed E-state index contributed by atoms with van der Waals surface area (Å²) in [5, 5.41) is 2.76. The molecule has 3 aliphatic rings. The molecule has 0 radical (unpaired) electrons. The van der Waals surface area contributed by atoms with Crippen molar-refractivity contribution in [2.24, 2.45) is 0 Å². The lowest BCUT2D eigenvalue weighted by molar-refractivity contribution is -0.142. The molecule has 46 heavy (non-hydrogen) atoms. The van der Waals surface area contributed by atoms with E-state index in [1.807, 2.05) is 86.9 Å². The second-order valence-electron chi connectivity index (χ2n) is 12.3. The number of piperidine rings is 1. The molecule has 3 unspecified atom stereocenters. The lowest BCUT2D eigenvalue weighted by Gasteiger charge is -2.45. The minimum atomic E-state index is -0.936. The highest BCUT2D eigenvalue weighted by molar-refractivity contribution is 5.96. The fourth-order valence-corrected chi connectivity index (χ4v) is 7.80. The summed E-state index contributed by atoms with van der Waals surface area (Å²) in [6.45, 7) is 8.00. The molecule has 2 aliphatic heterocycles. The predicted molar refractivity (Wildman–Crippen MR) is 185 cm³/mol. The number of hydrogen-bond acceptors (Lipinski definition) is 6. The Morgan fingerprint density at radius 3 is 2.02 bits per heavy atom. The summed E-state index contributed by atoms with van der Waals surface area (Å²) < 4.78 is 6.82. The number of rotatable bonds is 7. The van der Waals surface area contributed by atoms with E-state index < -0.39 is 23.5 Å². The topological polar surface area (TPSA) is 93.5 Å². The molecule has 8 nitrogen and oxygen atoms in total. The molecule has 8 heteroatoms. The molecule has 3 aromatic rings. The van der Waals surface area contributed by atoms with Crippen molar-refractivity contribution in [2.45, 2.75) is 135 Å². The van der Waals surface area contributed by atoms with Gasteiger partial charge < -0.3 is 14.6 Å². The Morgan fingerprint density at radius 1 is 0.804 bits per heavy atom. The number of carbonyl (C=O) groups is 2. The average molecular weight is 631 g/mol. The Hall–Kier alpha value is -3.52. The van der Waals surface area contributed by atoms with Gasteiger partial charge in [-0.1, -0.05) is 102 Å². The molecule has 3 fully saturated rings. The van der Waals surface area contributed by atoms with Gasteiger partial charge in [0, 0.05) is 30.6 Å². The fraction of sp³-hybridized carbons (Fsp3) is 0.579. The summed E-state index contributed by atoms with van der Waals surface area (Å²) in [7, 11) is 1.30. The smallest absolute Gasteiger partial charge is 0.328 e. The van der Waals surface area contributed by atoms with Gasteiger partial charge in [-0.15, -0.1) is 0 Å². The molecular formula is C38H54N4O4. The highest BCUT2D eigenvalue weighted by Crippen LogP contribution is 2.44. The Balaban J connectivity index is 0.00000116. The number of fused-ring (bicyclic) bond motifs is 3. The number of benzene rings is 2. The summed E-state index contributed by atoms with van der Waals surface area (Å²) in [6, 6.07) is 17.6. The van der Waals surface area contributed by atoms with E-state index in [4.69, 9.17) is 4.74 Å². The van der Waals surface area contributed by atoms with Gasteiger partial charge in [-0.05, 0) is 56.2 Å². The normalized spacial score (nSPS) is 22.2. The van der Waals surface area contributed by atoms with Crippen molar-refractivity contribution in [3.8, 4) is 0 Å². The molecule has 1 aromatic heterocycles. The van der Waals surface area contributed by atoms with Crippen LogP contribution in [-0.4, -0.2) is 57.6 Å². The Bertz CT molecular complexity index is 1450. The molecule has 0 spiro atoms. The van der Waals surface area contributed by atoms with Crippen molar-refractivity contribution in [3.05, 3.63) is 76.2 Å². The summed E-state index contributed by atoms with van der Waals surface area (Å²) >= 11 is 0. The van der Waals surface area contributed by atoms with Crippen molar-refractivity contribution < 1.29 is 14.3 Å². The number of nitrogens with zero attached hydrogens (tertiary/aromatic N) is 3. The monoisotopic (exact) mass is 630 g/mol. The fourth-order valence-electron chi connectivity index (χ4n) is 7.80. The molecule has 250 valence electrons. The van der Waals surface area contributed by atoms with Gasteiger partial charge in [0.1, 0.15) is 6.04 Å². The van der Waals surface area contributed by atoms with Gasteiger partial charge in [-0.3, -0.25) is 14.5 Å². The molecule has 6 rings (SSSR count). The third kappa shape index (κ3) is 8.06. The van der Waals surface area contributed by atoms with Crippen molar-refractivity contribution in [1.29, 1.82) is 0 Å². The SMILES string of the molecule is CC.CC.COC(=O)C(Cc1ccccc1)NC(=O)c1nc2ccccc2n(C2CC3CCC(C2)N3C2CCCCCCC2)c1=O. The van der Waals surface area contributed by atoms with Crippen LogP contribution in [0, 0.1) is 0 Å². The molecule has 1 N–H and O–H groups in total. The number of carbonyl (C=O) groups excluding carboxylic acids is 2. The van der Waals surface area contributed by atoms with Crippen molar-refractivity contribution in [1.82, 2.24) is 19.8 Å². The maximum atomic E-state index is 14.1. The van der Waals surface area contributed by atoms with Crippen LogP contribution in [0.3, 0.4) is 0 Å². The number of ether oxygens (including phenoxy) is 1. The molecule has 1 saturated carbocycles. The first-order valence-corrected chi connectivity index (χ1v) is 17.7. The van der Waals surface area contributed by atoms with Crippen LogP contribution in [0.5, 0.6) is 0 Å². The van der Waals surface area contributed by atoms with E-state index in [9.17, 15) is 14.4 Å². The van der Waals surface area contributed by atoms with Crippen LogP contribution in [0.2, 0.25) is 0 Å². The quantitative estimate of drug-likeness (QED) is 0.277. The molecule has 2 bridgehead atoms. The molecular weight excluding hydrogens is 576 g/mol. The second kappa shape index (κ2) is 17.4. The minimum Gasteiger partial charge on any atom is -0.467 e. The van der Waals surface area contributed by atoms with Crippen molar-refractivity contribution in [2.75, 3.05) is 7.11 Å². The van der Waals surface area contributed by atoms with Crippen LogP contribution in [0.4, 0.5) is 0 Å². The van der Waals surface area contributed by atoms with Crippen molar-refractivity contribution in [3.63, 3.8) is 0 Å². The van der Waals surface area contributed by atoms with Crippen LogP contribution < -0.4 is 10.9 Å². The first-order chi connectivity index (χ1) is 22.5. The maximum Gasteiger partial charge on any atom is 0.328 e. The highest BCUT2D eigenvalue weighted by atomic mass is 16.5. The molecule has 2 aromatic carbocycles. The van der Waals surface area contributed by atoms with Crippen LogP contribution in [-0.2, 0) is 16.0 Å². The first-order valence-electron chi connectivity index (χ1n) is 17.7. The summed E-state index contributed by atoms with van der Waals surface area (Å²) in [6.07, 6.45) is 13.6. The Labute approximate surface area is 274 Å². The number of hydrogen-bond donors (Lipinski definition) is 1. The zero-order valence-corrected chi connectivity index (χ0v) is 28.5. The van der Waals surface area contributed by atoms with E-state index in [0.717, 1.165) is 23.9 Å². The molecule has 3 heterocycles. The van der Waals surface area contributed by atoms with Gasteiger partial charge in [0.2, 0.25) is 0 Å².